The third-order valence-corrected chi connectivity index (χ3v) is 7.26. The van der Waals surface area contributed by atoms with Crippen molar-refractivity contribution in [1.82, 2.24) is 4.98 Å². The molecule has 0 aliphatic heterocycles. The minimum atomic E-state index is -4.76. The SMILES string of the molecule is CC(OC(=O)c1ccc(S(=O)(=O)C(F)F)cc1)C(=O)N(c1nccs1)C1CCCCC1. The zero-order valence-corrected chi connectivity index (χ0v) is 18.4. The maximum absolute atomic E-state index is 13.1. The fraction of sp³-hybridized carbons (Fsp3) is 0.450. The van der Waals surface area contributed by atoms with Crippen molar-refractivity contribution in [3.63, 3.8) is 0 Å². The summed E-state index contributed by atoms with van der Waals surface area (Å²) in [5, 5.41) is 2.31. The molecule has 1 aliphatic carbocycles. The quantitative estimate of drug-likeness (QED) is 0.565. The average Bonchev–Trinajstić information content (AvgIpc) is 3.28. The lowest BCUT2D eigenvalue weighted by molar-refractivity contribution is -0.127. The Hall–Kier alpha value is -2.40. The van der Waals surface area contributed by atoms with E-state index < -0.39 is 38.5 Å². The summed E-state index contributed by atoms with van der Waals surface area (Å²) in [7, 11) is -4.76. The number of carbonyl (C=O) groups is 2. The van der Waals surface area contributed by atoms with Gasteiger partial charge in [-0.25, -0.2) is 18.2 Å². The molecule has 0 saturated heterocycles. The van der Waals surface area contributed by atoms with Crippen molar-refractivity contribution in [1.29, 1.82) is 0 Å². The van der Waals surface area contributed by atoms with Gasteiger partial charge in [0.05, 0.1) is 10.5 Å². The Morgan fingerprint density at radius 3 is 2.35 bits per heavy atom. The molecule has 31 heavy (non-hydrogen) atoms. The van der Waals surface area contributed by atoms with Crippen LogP contribution in [-0.2, 0) is 19.4 Å². The first-order valence-corrected chi connectivity index (χ1v) is 12.2. The number of hydrogen-bond donors (Lipinski definition) is 0. The number of thiazole rings is 1. The zero-order chi connectivity index (χ0) is 22.6. The number of rotatable bonds is 7. The van der Waals surface area contributed by atoms with E-state index >= 15 is 0 Å². The highest BCUT2D eigenvalue weighted by Crippen LogP contribution is 2.30. The highest BCUT2D eigenvalue weighted by molar-refractivity contribution is 7.91. The Labute approximate surface area is 183 Å². The van der Waals surface area contributed by atoms with E-state index in [-0.39, 0.29) is 11.6 Å². The van der Waals surface area contributed by atoms with Crippen molar-refractivity contribution in [3.8, 4) is 0 Å². The van der Waals surface area contributed by atoms with Gasteiger partial charge in [0, 0.05) is 17.6 Å². The highest BCUT2D eigenvalue weighted by atomic mass is 32.2. The molecule has 11 heteroatoms. The standard InChI is InChI=1S/C20H22F2N2O5S2/c1-13(17(25)24(20-23-11-12-30-20)15-5-3-2-4-6-15)29-18(26)14-7-9-16(10-8-14)31(27,28)19(21)22/h7-13,15,19H,2-6H2,1H3. The lowest BCUT2D eigenvalue weighted by Gasteiger charge is -2.33. The minimum absolute atomic E-state index is 0.0209. The van der Waals surface area contributed by atoms with Gasteiger partial charge < -0.3 is 4.74 Å². The molecule has 0 N–H and O–H groups in total. The summed E-state index contributed by atoms with van der Waals surface area (Å²) in [6.45, 7) is 1.46. The van der Waals surface area contributed by atoms with Crippen molar-refractivity contribution in [2.45, 2.75) is 61.8 Å². The van der Waals surface area contributed by atoms with Gasteiger partial charge in [0.25, 0.3) is 5.91 Å². The molecule has 1 unspecified atom stereocenters. The topological polar surface area (TPSA) is 93.6 Å². The van der Waals surface area contributed by atoms with Gasteiger partial charge in [-0.3, -0.25) is 9.69 Å². The molecule has 1 amide bonds. The molecule has 7 nitrogen and oxygen atoms in total. The molecule has 1 atom stereocenters. The first-order valence-electron chi connectivity index (χ1n) is 9.77. The molecule has 0 bridgehead atoms. The molecule has 2 aromatic rings. The van der Waals surface area contributed by atoms with Crippen LogP contribution in [0.25, 0.3) is 0 Å². The van der Waals surface area contributed by atoms with Crippen LogP contribution in [0.15, 0.2) is 40.7 Å². The van der Waals surface area contributed by atoms with E-state index in [1.54, 1.807) is 16.5 Å². The number of amides is 1. The van der Waals surface area contributed by atoms with Crippen LogP contribution in [0.5, 0.6) is 0 Å². The van der Waals surface area contributed by atoms with E-state index in [0.29, 0.717) is 5.13 Å². The summed E-state index contributed by atoms with van der Waals surface area (Å²) >= 11 is 1.33. The lowest BCUT2D eigenvalue weighted by atomic mass is 9.94. The molecular weight excluding hydrogens is 450 g/mol. The third-order valence-electron chi connectivity index (χ3n) is 5.09. The molecule has 0 spiro atoms. The molecule has 1 fully saturated rings. The van der Waals surface area contributed by atoms with Crippen molar-refractivity contribution in [3.05, 3.63) is 41.4 Å². The van der Waals surface area contributed by atoms with Crippen LogP contribution in [0, 0.1) is 0 Å². The van der Waals surface area contributed by atoms with E-state index in [1.165, 1.54) is 18.3 Å². The second-order valence-corrected chi connectivity index (χ2v) is 9.98. The van der Waals surface area contributed by atoms with Gasteiger partial charge in [0.2, 0.25) is 9.84 Å². The van der Waals surface area contributed by atoms with Crippen molar-refractivity contribution in [2.24, 2.45) is 0 Å². The first kappa shape index (κ1) is 23.3. The van der Waals surface area contributed by atoms with Gasteiger partial charge in [-0.1, -0.05) is 19.3 Å². The summed E-state index contributed by atoms with van der Waals surface area (Å²) in [6.07, 6.45) is 5.29. The fourth-order valence-electron chi connectivity index (χ4n) is 3.46. The molecule has 1 aromatic heterocycles. The summed E-state index contributed by atoms with van der Waals surface area (Å²) in [5.41, 5.74) is -0.0497. The van der Waals surface area contributed by atoms with E-state index in [4.69, 9.17) is 4.74 Å². The Balaban J connectivity index is 1.72. The Bertz CT molecular complexity index is 1000. The minimum Gasteiger partial charge on any atom is -0.449 e. The Morgan fingerprint density at radius 1 is 1.16 bits per heavy atom. The van der Waals surface area contributed by atoms with Gasteiger partial charge in [0.1, 0.15) is 0 Å². The van der Waals surface area contributed by atoms with Gasteiger partial charge in [0.15, 0.2) is 11.2 Å². The second-order valence-electron chi connectivity index (χ2n) is 7.19. The van der Waals surface area contributed by atoms with E-state index in [9.17, 15) is 26.8 Å². The monoisotopic (exact) mass is 472 g/mol. The highest BCUT2D eigenvalue weighted by Gasteiger charge is 2.33. The molecule has 168 valence electrons. The molecule has 1 aromatic carbocycles. The Kier molecular flexibility index (Phi) is 7.37. The smallest absolute Gasteiger partial charge is 0.341 e. The molecule has 1 aliphatic rings. The van der Waals surface area contributed by atoms with Crippen LogP contribution in [0.3, 0.4) is 0 Å². The number of carbonyl (C=O) groups excluding carboxylic acids is 2. The van der Waals surface area contributed by atoms with Crippen LogP contribution in [0.1, 0.15) is 49.4 Å². The number of hydrogen-bond acceptors (Lipinski definition) is 7. The largest absolute Gasteiger partial charge is 0.449 e. The molecule has 1 saturated carbocycles. The van der Waals surface area contributed by atoms with Gasteiger partial charge in [-0.2, -0.15) is 8.78 Å². The molecular formula is C20H22F2N2O5S2. The van der Waals surface area contributed by atoms with E-state index in [1.807, 2.05) is 0 Å². The van der Waals surface area contributed by atoms with Crippen LogP contribution < -0.4 is 4.90 Å². The summed E-state index contributed by atoms with van der Waals surface area (Å²) in [6, 6.07) is 3.96. The lowest BCUT2D eigenvalue weighted by Crippen LogP contribution is -2.47. The number of ether oxygens (including phenoxy) is 1. The number of sulfone groups is 1. The number of benzene rings is 1. The average molecular weight is 473 g/mol. The van der Waals surface area contributed by atoms with Crippen molar-refractivity contribution in [2.75, 3.05) is 4.90 Å². The zero-order valence-electron chi connectivity index (χ0n) is 16.7. The van der Waals surface area contributed by atoms with Crippen molar-refractivity contribution >= 4 is 38.2 Å². The Morgan fingerprint density at radius 2 is 1.81 bits per heavy atom. The maximum atomic E-state index is 13.1. The first-order chi connectivity index (χ1) is 14.7. The van der Waals surface area contributed by atoms with Crippen molar-refractivity contribution < 1.29 is 31.5 Å². The molecule has 3 rings (SSSR count). The number of aromatic nitrogens is 1. The summed E-state index contributed by atoms with van der Waals surface area (Å²) < 4.78 is 53.6. The number of nitrogens with zero attached hydrogens (tertiary/aromatic N) is 2. The van der Waals surface area contributed by atoms with Gasteiger partial charge in [-0.15, -0.1) is 11.3 Å². The predicted molar refractivity (Wildman–Crippen MR) is 111 cm³/mol. The fourth-order valence-corrected chi connectivity index (χ4v) is 4.90. The van der Waals surface area contributed by atoms with E-state index in [0.717, 1.165) is 56.4 Å². The number of alkyl halides is 2. The van der Waals surface area contributed by atoms with E-state index in [2.05, 4.69) is 4.98 Å². The number of anilines is 1. The van der Waals surface area contributed by atoms with Crippen LogP contribution >= 0.6 is 11.3 Å². The molecule has 1 heterocycles. The number of halogens is 2. The van der Waals surface area contributed by atoms with Crippen LogP contribution in [-0.4, -0.2) is 43.2 Å². The van der Waals surface area contributed by atoms with Gasteiger partial charge >= 0.3 is 11.7 Å². The maximum Gasteiger partial charge on any atom is 0.341 e. The molecule has 0 radical (unpaired) electrons. The number of esters is 1. The summed E-state index contributed by atoms with van der Waals surface area (Å²) in [4.78, 5) is 30.8. The predicted octanol–water partition coefficient (Wildman–Crippen LogP) is 4.05. The second kappa shape index (κ2) is 9.82. The van der Waals surface area contributed by atoms with Crippen LogP contribution in [0.2, 0.25) is 0 Å². The summed E-state index contributed by atoms with van der Waals surface area (Å²) in [5.74, 6) is -4.81. The third kappa shape index (κ3) is 5.27. The normalized spacial score (nSPS) is 16.1. The van der Waals surface area contributed by atoms with Gasteiger partial charge in [-0.05, 0) is 44.0 Å². The van der Waals surface area contributed by atoms with Crippen LogP contribution in [0.4, 0.5) is 13.9 Å².